The number of H-pyrrole nitrogens is 1. The zero-order valence-corrected chi connectivity index (χ0v) is 11.8. The summed E-state index contributed by atoms with van der Waals surface area (Å²) in [6, 6.07) is 9.50. The number of Topliss-reactive ketones (excluding diaryl/α,β-unsaturated/α-hetero) is 1. The molecule has 4 rings (SSSR count). The third kappa shape index (κ3) is 1.63. The van der Waals surface area contributed by atoms with Crippen LogP contribution >= 0.6 is 11.6 Å². The number of fused-ring (bicyclic) bond motifs is 2. The van der Waals surface area contributed by atoms with Gasteiger partial charge in [-0.25, -0.2) is 9.38 Å². The second-order valence-electron chi connectivity index (χ2n) is 4.94. The van der Waals surface area contributed by atoms with E-state index in [9.17, 15) is 14.3 Å². The quantitative estimate of drug-likeness (QED) is 0.713. The van der Waals surface area contributed by atoms with Gasteiger partial charge in [0.2, 0.25) is 5.78 Å². The third-order valence-electron chi connectivity index (χ3n) is 3.67. The molecule has 0 fully saturated rings. The van der Waals surface area contributed by atoms with E-state index in [2.05, 4.69) is 9.98 Å². The van der Waals surface area contributed by atoms with Crippen molar-refractivity contribution in [2.24, 2.45) is 4.99 Å². The first-order chi connectivity index (χ1) is 10.6. The van der Waals surface area contributed by atoms with Crippen LogP contribution in [0.15, 0.2) is 41.4 Å². The van der Waals surface area contributed by atoms with Crippen molar-refractivity contribution in [2.75, 3.05) is 0 Å². The predicted octanol–water partition coefficient (Wildman–Crippen LogP) is 3.98. The van der Waals surface area contributed by atoms with Crippen LogP contribution in [0.5, 0.6) is 5.88 Å². The molecule has 0 unspecified atom stereocenters. The molecule has 1 aromatic heterocycles. The number of ketones is 1. The second kappa shape index (κ2) is 4.42. The maximum atomic E-state index is 13.7. The molecule has 3 aromatic rings. The van der Waals surface area contributed by atoms with Crippen LogP contribution in [0.2, 0.25) is 5.02 Å². The number of aliphatic imine (C=N–C) groups is 1. The number of nitrogens with zero attached hydrogens (tertiary/aromatic N) is 1. The number of carbonyl (C=O) groups excluding carboxylic acids is 1. The minimum Gasteiger partial charge on any atom is -0.494 e. The van der Waals surface area contributed by atoms with Crippen molar-refractivity contribution < 1.29 is 14.3 Å². The molecule has 0 saturated carbocycles. The first-order valence-electron chi connectivity index (χ1n) is 6.49. The molecule has 0 atom stereocenters. The van der Waals surface area contributed by atoms with Crippen molar-refractivity contribution in [2.45, 2.75) is 0 Å². The lowest BCUT2D eigenvalue weighted by atomic mass is 10.0. The molecule has 6 heteroatoms. The summed E-state index contributed by atoms with van der Waals surface area (Å²) >= 11 is 6.01. The number of aromatic hydroxyl groups is 1. The molecule has 2 aromatic carbocycles. The van der Waals surface area contributed by atoms with Crippen molar-refractivity contribution in [3.8, 4) is 5.88 Å². The number of hydrogen-bond donors (Lipinski definition) is 2. The number of nitrogens with one attached hydrogen (secondary N) is 1. The third-order valence-corrected chi connectivity index (χ3v) is 4.04. The Morgan fingerprint density at radius 1 is 1.18 bits per heavy atom. The van der Waals surface area contributed by atoms with Crippen molar-refractivity contribution in [3.05, 3.63) is 58.4 Å². The van der Waals surface area contributed by atoms with Crippen LogP contribution in [-0.4, -0.2) is 21.6 Å². The van der Waals surface area contributed by atoms with Crippen molar-refractivity contribution in [1.82, 2.24) is 4.98 Å². The van der Waals surface area contributed by atoms with Gasteiger partial charge in [-0.2, -0.15) is 0 Å². The summed E-state index contributed by atoms with van der Waals surface area (Å²) in [6.45, 7) is 0. The largest absolute Gasteiger partial charge is 0.494 e. The molecule has 0 saturated heterocycles. The summed E-state index contributed by atoms with van der Waals surface area (Å²) in [5, 5.41) is 10.2. The van der Waals surface area contributed by atoms with Gasteiger partial charge in [0.25, 0.3) is 0 Å². The second-order valence-corrected chi connectivity index (χ2v) is 5.32. The average Bonchev–Trinajstić information content (AvgIpc) is 3.01. The van der Waals surface area contributed by atoms with Gasteiger partial charge in [-0.3, -0.25) is 4.79 Å². The Kier molecular flexibility index (Phi) is 2.62. The first-order valence-corrected chi connectivity index (χ1v) is 6.87. The average molecular weight is 315 g/mol. The summed E-state index contributed by atoms with van der Waals surface area (Å²) in [5.74, 6) is -1.22. The van der Waals surface area contributed by atoms with Crippen molar-refractivity contribution in [3.63, 3.8) is 0 Å². The van der Waals surface area contributed by atoms with Crippen molar-refractivity contribution in [1.29, 1.82) is 0 Å². The van der Waals surface area contributed by atoms with Crippen LogP contribution in [0.3, 0.4) is 0 Å². The minimum absolute atomic E-state index is 0.0532. The number of rotatable bonds is 1. The summed E-state index contributed by atoms with van der Waals surface area (Å²) in [5.41, 5.74) is 1.58. The lowest BCUT2D eigenvalue weighted by Crippen LogP contribution is -2.11. The van der Waals surface area contributed by atoms with Gasteiger partial charge in [0.05, 0.1) is 21.8 Å². The van der Waals surface area contributed by atoms with E-state index < -0.39 is 5.82 Å². The van der Waals surface area contributed by atoms with Crippen LogP contribution in [0.1, 0.15) is 15.9 Å². The highest BCUT2D eigenvalue weighted by Crippen LogP contribution is 2.38. The summed E-state index contributed by atoms with van der Waals surface area (Å²) in [6.07, 6.45) is 0. The Morgan fingerprint density at radius 3 is 2.73 bits per heavy atom. The Morgan fingerprint density at radius 2 is 1.95 bits per heavy atom. The number of aromatic amines is 1. The molecule has 1 aliphatic heterocycles. The fourth-order valence-electron chi connectivity index (χ4n) is 2.67. The van der Waals surface area contributed by atoms with Crippen molar-refractivity contribution >= 4 is 39.7 Å². The molecule has 0 bridgehead atoms. The van der Waals surface area contributed by atoms with Gasteiger partial charge in [0.1, 0.15) is 11.5 Å². The lowest BCUT2D eigenvalue weighted by molar-refractivity contribution is 0.107. The molecule has 2 N–H and O–H groups in total. The molecule has 0 amide bonds. The van der Waals surface area contributed by atoms with E-state index in [1.807, 2.05) is 0 Å². The number of para-hydroxylation sites is 1. The smallest absolute Gasteiger partial charge is 0.214 e. The van der Waals surface area contributed by atoms with E-state index in [-0.39, 0.29) is 33.3 Å². The summed E-state index contributed by atoms with van der Waals surface area (Å²) in [4.78, 5) is 19.4. The van der Waals surface area contributed by atoms with Gasteiger partial charge in [0.15, 0.2) is 5.88 Å². The fraction of sp³-hybridized carbons (Fsp3) is 0. The highest BCUT2D eigenvalue weighted by molar-refractivity contribution is 6.57. The van der Waals surface area contributed by atoms with E-state index in [1.54, 1.807) is 24.3 Å². The van der Waals surface area contributed by atoms with Gasteiger partial charge in [-0.05, 0) is 24.3 Å². The van der Waals surface area contributed by atoms with Crippen LogP contribution in [0.4, 0.5) is 10.1 Å². The molecule has 22 heavy (non-hydrogen) atoms. The van der Waals surface area contributed by atoms with E-state index in [1.165, 1.54) is 12.1 Å². The van der Waals surface area contributed by atoms with Crippen LogP contribution < -0.4 is 0 Å². The van der Waals surface area contributed by atoms with Crippen LogP contribution in [0, 0.1) is 5.82 Å². The lowest BCUT2D eigenvalue weighted by Gasteiger charge is -2.01. The Balaban J connectivity index is 2.03. The number of hydrogen-bond acceptors (Lipinski definition) is 3. The highest BCUT2D eigenvalue weighted by atomic mass is 35.5. The van der Waals surface area contributed by atoms with Gasteiger partial charge >= 0.3 is 0 Å². The highest BCUT2D eigenvalue weighted by Gasteiger charge is 2.31. The Labute approximate surface area is 128 Å². The standard InChI is InChI=1S/C16H8ClFN2O2/c17-13-8(18)5-6-10-11(13)12(16(22)20-10)14-15(21)7-3-1-2-4-9(7)19-14/h1-6,20,22H. The predicted molar refractivity (Wildman–Crippen MR) is 81.9 cm³/mol. The fourth-order valence-corrected chi connectivity index (χ4v) is 2.93. The van der Waals surface area contributed by atoms with Gasteiger partial charge in [-0.15, -0.1) is 0 Å². The normalized spacial score (nSPS) is 13.5. The van der Waals surface area contributed by atoms with Gasteiger partial charge in [-0.1, -0.05) is 23.7 Å². The summed E-state index contributed by atoms with van der Waals surface area (Å²) < 4.78 is 13.7. The van der Waals surface area contributed by atoms with E-state index in [0.717, 1.165) is 0 Å². The molecular weight excluding hydrogens is 307 g/mol. The first kappa shape index (κ1) is 13.0. The SMILES string of the molecule is O=C1C(c2c(O)[nH]c3ccc(F)c(Cl)c23)=Nc2ccccc21. The minimum atomic E-state index is -0.627. The maximum Gasteiger partial charge on any atom is 0.214 e. The van der Waals surface area contributed by atoms with Crippen LogP contribution in [-0.2, 0) is 0 Å². The Hall–Kier alpha value is -2.66. The molecule has 1 aliphatic rings. The molecule has 2 heterocycles. The monoisotopic (exact) mass is 314 g/mol. The van der Waals surface area contributed by atoms with Gasteiger partial charge < -0.3 is 10.1 Å². The molecule has 4 nitrogen and oxygen atoms in total. The zero-order valence-electron chi connectivity index (χ0n) is 11.0. The molecule has 0 spiro atoms. The van der Waals surface area contributed by atoms with E-state index in [0.29, 0.717) is 16.8 Å². The number of aromatic nitrogens is 1. The zero-order chi connectivity index (χ0) is 15.4. The molecule has 0 aliphatic carbocycles. The van der Waals surface area contributed by atoms with E-state index >= 15 is 0 Å². The molecular formula is C16H8ClFN2O2. The maximum absolute atomic E-state index is 13.7. The Bertz CT molecular complexity index is 991. The van der Waals surface area contributed by atoms with Gasteiger partial charge in [0, 0.05) is 10.9 Å². The molecule has 108 valence electrons. The number of benzene rings is 2. The summed E-state index contributed by atoms with van der Waals surface area (Å²) in [7, 11) is 0. The topological polar surface area (TPSA) is 65.4 Å². The number of carbonyl (C=O) groups is 1. The molecule has 0 radical (unpaired) electrons. The van der Waals surface area contributed by atoms with E-state index in [4.69, 9.17) is 11.6 Å². The number of halogens is 2. The van der Waals surface area contributed by atoms with Crippen LogP contribution in [0.25, 0.3) is 10.9 Å².